The van der Waals surface area contributed by atoms with Crippen molar-refractivity contribution < 1.29 is 14.3 Å². The minimum Gasteiger partial charge on any atom is -0.462 e. The summed E-state index contributed by atoms with van der Waals surface area (Å²) in [6.07, 6.45) is 0. The molecule has 0 radical (unpaired) electrons. The number of amides is 1. The quantitative estimate of drug-likeness (QED) is 0.448. The molecule has 0 unspecified atom stereocenters. The molecular formula is C26H28ClN3O3S. The lowest BCUT2D eigenvalue weighted by Gasteiger charge is -2.36. The Bertz CT molecular complexity index is 1150. The molecule has 1 aliphatic rings. The molecule has 0 spiro atoms. The van der Waals surface area contributed by atoms with Crippen LogP contribution in [0.4, 0.5) is 10.7 Å². The van der Waals surface area contributed by atoms with Gasteiger partial charge in [-0.15, -0.1) is 11.3 Å². The van der Waals surface area contributed by atoms with E-state index in [0.29, 0.717) is 15.6 Å². The first kappa shape index (κ1) is 24.3. The molecule has 2 aromatic carbocycles. The van der Waals surface area contributed by atoms with E-state index >= 15 is 0 Å². The molecule has 0 bridgehead atoms. The van der Waals surface area contributed by atoms with E-state index in [4.69, 9.17) is 16.3 Å². The van der Waals surface area contributed by atoms with Crippen molar-refractivity contribution in [3.8, 4) is 11.1 Å². The van der Waals surface area contributed by atoms with Crippen LogP contribution in [0, 0.1) is 6.92 Å². The third-order valence-electron chi connectivity index (χ3n) is 5.87. The summed E-state index contributed by atoms with van der Waals surface area (Å²) in [4.78, 5) is 30.1. The first-order valence-electron chi connectivity index (χ1n) is 11.3. The van der Waals surface area contributed by atoms with E-state index in [1.54, 1.807) is 19.1 Å². The summed E-state index contributed by atoms with van der Waals surface area (Å²) < 4.78 is 5.28. The Morgan fingerprint density at radius 1 is 1.06 bits per heavy atom. The van der Waals surface area contributed by atoms with Gasteiger partial charge in [0.15, 0.2) is 0 Å². The molecule has 1 amide bonds. The van der Waals surface area contributed by atoms with Crippen LogP contribution in [0.5, 0.6) is 0 Å². The fraction of sp³-hybridized carbons (Fsp3) is 0.308. The van der Waals surface area contributed by atoms with Crippen LogP contribution in [0.2, 0.25) is 5.02 Å². The van der Waals surface area contributed by atoms with Gasteiger partial charge in [0.25, 0.3) is 0 Å². The molecule has 4 rings (SSSR count). The van der Waals surface area contributed by atoms with Crippen molar-refractivity contribution in [2.24, 2.45) is 0 Å². The number of piperazine rings is 1. The second kappa shape index (κ2) is 11.0. The van der Waals surface area contributed by atoms with E-state index in [9.17, 15) is 9.59 Å². The molecule has 1 saturated heterocycles. The summed E-state index contributed by atoms with van der Waals surface area (Å²) in [5.41, 5.74) is 4.46. The molecule has 1 aromatic heterocycles. The van der Waals surface area contributed by atoms with Crippen molar-refractivity contribution in [2.75, 3.05) is 49.5 Å². The number of hydrogen-bond donors (Lipinski definition) is 1. The van der Waals surface area contributed by atoms with E-state index in [2.05, 4.69) is 40.2 Å². The minimum atomic E-state index is -0.448. The maximum atomic E-state index is 12.9. The van der Waals surface area contributed by atoms with Crippen LogP contribution in [-0.2, 0) is 9.53 Å². The summed E-state index contributed by atoms with van der Waals surface area (Å²) in [7, 11) is 0. The smallest absolute Gasteiger partial charge is 0.341 e. The second-order valence-corrected chi connectivity index (χ2v) is 9.49. The van der Waals surface area contributed by atoms with Crippen LogP contribution >= 0.6 is 22.9 Å². The number of rotatable bonds is 7. The van der Waals surface area contributed by atoms with Gasteiger partial charge in [0, 0.05) is 47.8 Å². The number of benzene rings is 2. The highest BCUT2D eigenvalue weighted by atomic mass is 35.5. The zero-order valence-electron chi connectivity index (χ0n) is 19.3. The Morgan fingerprint density at radius 2 is 1.76 bits per heavy atom. The predicted octanol–water partition coefficient (Wildman–Crippen LogP) is 5.31. The van der Waals surface area contributed by atoms with Crippen LogP contribution in [-0.4, -0.2) is 56.1 Å². The molecule has 1 fully saturated rings. The number of ether oxygens (including phenoxy) is 1. The fourth-order valence-electron chi connectivity index (χ4n) is 4.13. The molecule has 6 nitrogen and oxygen atoms in total. The number of halogens is 1. The van der Waals surface area contributed by atoms with Crippen LogP contribution in [0.25, 0.3) is 11.1 Å². The number of carbonyl (C=O) groups excluding carboxylic acids is 2. The molecule has 34 heavy (non-hydrogen) atoms. The molecule has 2 heterocycles. The number of nitrogens with zero attached hydrogens (tertiary/aromatic N) is 2. The number of para-hydroxylation sites is 1. The molecule has 0 atom stereocenters. The van der Waals surface area contributed by atoms with E-state index in [1.165, 1.54) is 22.6 Å². The van der Waals surface area contributed by atoms with Gasteiger partial charge in [-0.2, -0.15) is 0 Å². The van der Waals surface area contributed by atoms with Crippen molar-refractivity contribution in [1.82, 2.24) is 4.90 Å². The van der Waals surface area contributed by atoms with E-state index in [1.807, 2.05) is 23.6 Å². The third kappa shape index (κ3) is 5.60. The van der Waals surface area contributed by atoms with Crippen LogP contribution in [0.3, 0.4) is 0 Å². The van der Waals surface area contributed by atoms with Gasteiger partial charge in [-0.1, -0.05) is 41.9 Å². The number of aryl methyl sites for hydroxylation is 1. The van der Waals surface area contributed by atoms with Crippen molar-refractivity contribution in [3.05, 3.63) is 70.1 Å². The van der Waals surface area contributed by atoms with Crippen molar-refractivity contribution in [2.45, 2.75) is 13.8 Å². The molecule has 178 valence electrons. The Morgan fingerprint density at radius 3 is 2.44 bits per heavy atom. The minimum absolute atomic E-state index is 0.139. The number of anilines is 2. The summed E-state index contributed by atoms with van der Waals surface area (Å²) in [5, 5.41) is 5.94. The molecule has 3 aromatic rings. The average molecular weight is 498 g/mol. The lowest BCUT2D eigenvalue weighted by molar-refractivity contribution is -0.117. The molecule has 0 aliphatic carbocycles. The van der Waals surface area contributed by atoms with Gasteiger partial charge in [-0.05, 0) is 43.2 Å². The van der Waals surface area contributed by atoms with E-state index in [0.717, 1.165) is 37.3 Å². The van der Waals surface area contributed by atoms with Crippen LogP contribution in [0.15, 0.2) is 53.9 Å². The highest BCUT2D eigenvalue weighted by molar-refractivity contribution is 7.15. The van der Waals surface area contributed by atoms with Gasteiger partial charge >= 0.3 is 5.97 Å². The average Bonchev–Trinajstić information content (AvgIpc) is 3.24. The standard InChI is InChI=1S/C26H28ClN3O3S/c1-3-33-26(32)24-21(19-8-10-20(27)11-9-19)17-34-25(24)28-23(31)16-29-12-14-30(15-13-29)22-7-5-4-6-18(22)2/h4-11,17H,3,12-16H2,1-2H3,(H,28,31). The molecule has 0 saturated carbocycles. The first-order chi connectivity index (χ1) is 16.5. The predicted molar refractivity (Wildman–Crippen MR) is 139 cm³/mol. The van der Waals surface area contributed by atoms with Gasteiger partial charge in [0.05, 0.1) is 13.2 Å². The maximum Gasteiger partial charge on any atom is 0.341 e. The zero-order valence-corrected chi connectivity index (χ0v) is 20.9. The number of carbonyl (C=O) groups is 2. The van der Waals surface area contributed by atoms with Gasteiger partial charge in [0.2, 0.25) is 5.91 Å². The number of hydrogen-bond acceptors (Lipinski definition) is 6. The highest BCUT2D eigenvalue weighted by Crippen LogP contribution is 2.36. The van der Waals surface area contributed by atoms with E-state index < -0.39 is 5.97 Å². The van der Waals surface area contributed by atoms with Gasteiger partial charge < -0.3 is 15.0 Å². The van der Waals surface area contributed by atoms with E-state index in [-0.39, 0.29) is 19.1 Å². The Hall–Kier alpha value is -2.87. The number of thiophene rings is 1. The fourth-order valence-corrected chi connectivity index (χ4v) is 5.23. The largest absolute Gasteiger partial charge is 0.462 e. The Kier molecular flexibility index (Phi) is 7.88. The van der Waals surface area contributed by atoms with Crippen molar-refractivity contribution >= 4 is 45.5 Å². The molecule has 1 aliphatic heterocycles. The SMILES string of the molecule is CCOC(=O)c1c(-c2ccc(Cl)cc2)csc1NC(=O)CN1CCN(c2ccccc2C)CC1. The first-order valence-corrected chi connectivity index (χ1v) is 12.6. The zero-order chi connectivity index (χ0) is 24.1. The maximum absolute atomic E-state index is 12.9. The summed E-state index contributed by atoms with van der Waals surface area (Å²) >= 11 is 7.34. The highest BCUT2D eigenvalue weighted by Gasteiger charge is 2.24. The van der Waals surface area contributed by atoms with Crippen molar-refractivity contribution in [1.29, 1.82) is 0 Å². The van der Waals surface area contributed by atoms with Crippen LogP contribution < -0.4 is 10.2 Å². The monoisotopic (exact) mass is 497 g/mol. The van der Waals surface area contributed by atoms with Crippen molar-refractivity contribution in [3.63, 3.8) is 0 Å². The lowest BCUT2D eigenvalue weighted by Crippen LogP contribution is -2.48. The summed E-state index contributed by atoms with van der Waals surface area (Å²) in [6, 6.07) is 15.6. The molecule has 8 heteroatoms. The summed E-state index contributed by atoms with van der Waals surface area (Å²) in [6.45, 7) is 7.75. The molecule has 1 N–H and O–H groups in total. The topological polar surface area (TPSA) is 61.9 Å². The van der Waals surface area contributed by atoms with Gasteiger partial charge in [0.1, 0.15) is 10.6 Å². The molecular weight excluding hydrogens is 470 g/mol. The Labute approximate surface area is 209 Å². The Balaban J connectivity index is 1.42. The lowest BCUT2D eigenvalue weighted by atomic mass is 10.0. The second-order valence-electron chi connectivity index (χ2n) is 8.18. The van der Waals surface area contributed by atoms with Gasteiger partial charge in [-0.25, -0.2) is 4.79 Å². The van der Waals surface area contributed by atoms with Crippen LogP contribution in [0.1, 0.15) is 22.8 Å². The third-order valence-corrected chi connectivity index (χ3v) is 7.02. The number of esters is 1. The summed E-state index contributed by atoms with van der Waals surface area (Å²) in [5.74, 6) is -0.588. The normalized spacial score (nSPS) is 14.1. The number of nitrogens with one attached hydrogen (secondary N) is 1. The van der Waals surface area contributed by atoms with Gasteiger partial charge in [-0.3, -0.25) is 9.69 Å².